The molecule has 3 N–H and O–H groups in total. The summed E-state index contributed by atoms with van der Waals surface area (Å²) in [4.78, 5) is 35.4. The van der Waals surface area contributed by atoms with Crippen molar-refractivity contribution in [2.24, 2.45) is 5.92 Å². The van der Waals surface area contributed by atoms with E-state index in [0.717, 1.165) is 31.2 Å². The lowest BCUT2D eigenvalue weighted by molar-refractivity contribution is -0.138. The topological polar surface area (TPSA) is 105 Å². The van der Waals surface area contributed by atoms with E-state index in [0.29, 0.717) is 35.0 Å². The highest BCUT2D eigenvalue weighted by Crippen LogP contribution is 2.29. The molecule has 0 bridgehead atoms. The molecule has 0 spiro atoms. The van der Waals surface area contributed by atoms with Gasteiger partial charge in [0.15, 0.2) is 0 Å². The zero-order valence-corrected chi connectivity index (χ0v) is 19.4. The first-order chi connectivity index (χ1) is 15.8. The molecule has 3 rings (SSSR count). The van der Waals surface area contributed by atoms with Gasteiger partial charge in [-0.05, 0) is 86.6 Å². The number of carbonyl (C=O) groups excluding carboxylic acids is 2. The zero-order chi connectivity index (χ0) is 23.8. The highest BCUT2D eigenvalue weighted by molar-refractivity contribution is 6.31. The molecule has 7 nitrogen and oxygen atoms in total. The summed E-state index contributed by atoms with van der Waals surface area (Å²) in [6, 6.07) is 12.0. The second-order valence-electron chi connectivity index (χ2n) is 8.36. The Morgan fingerprint density at radius 1 is 0.939 bits per heavy atom. The maximum Gasteiger partial charge on any atom is 0.303 e. The van der Waals surface area contributed by atoms with Gasteiger partial charge in [-0.1, -0.05) is 11.6 Å². The molecule has 0 unspecified atom stereocenters. The Hall–Kier alpha value is -3.06. The van der Waals surface area contributed by atoms with Crippen molar-refractivity contribution in [1.29, 1.82) is 0 Å². The van der Waals surface area contributed by atoms with Crippen molar-refractivity contribution < 1.29 is 24.2 Å². The maximum absolute atomic E-state index is 12.3. The lowest BCUT2D eigenvalue weighted by atomic mass is 9.85. The number of hydrogen-bond donors (Lipinski definition) is 3. The van der Waals surface area contributed by atoms with Crippen LogP contribution in [0, 0.1) is 12.8 Å². The first kappa shape index (κ1) is 24.6. The van der Waals surface area contributed by atoms with Crippen LogP contribution in [0.2, 0.25) is 5.02 Å². The van der Waals surface area contributed by atoms with Gasteiger partial charge in [0, 0.05) is 35.7 Å². The van der Waals surface area contributed by atoms with Crippen LogP contribution in [0.25, 0.3) is 0 Å². The van der Waals surface area contributed by atoms with Gasteiger partial charge in [-0.15, -0.1) is 0 Å². The maximum atomic E-state index is 12.3. The van der Waals surface area contributed by atoms with Crippen LogP contribution < -0.4 is 15.4 Å². The summed E-state index contributed by atoms with van der Waals surface area (Å²) >= 11 is 5.98. The van der Waals surface area contributed by atoms with E-state index in [1.165, 1.54) is 0 Å². The molecule has 1 aliphatic rings. The number of rotatable bonds is 9. The molecule has 176 valence electrons. The number of amides is 2. The fourth-order valence-corrected chi connectivity index (χ4v) is 4.04. The fraction of sp³-hybridized carbons (Fsp3) is 0.400. The largest absolute Gasteiger partial charge is 0.490 e. The van der Waals surface area contributed by atoms with Crippen LogP contribution in [-0.2, 0) is 4.79 Å². The minimum atomic E-state index is -0.743. The number of carbonyl (C=O) groups is 3. The number of hydrogen-bond acceptors (Lipinski definition) is 4. The molecule has 2 aromatic carbocycles. The highest BCUT2D eigenvalue weighted by atomic mass is 35.5. The van der Waals surface area contributed by atoms with Crippen LogP contribution in [0.1, 0.15) is 58.4 Å². The quantitative estimate of drug-likeness (QED) is 0.474. The van der Waals surface area contributed by atoms with Gasteiger partial charge < -0.3 is 20.5 Å². The summed E-state index contributed by atoms with van der Waals surface area (Å²) in [6.45, 7) is 2.44. The Bertz CT molecular complexity index is 985. The Morgan fingerprint density at radius 2 is 1.52 bits per heavy atom. The van der Waals surface area contributed by atoms with E-state index in [2.05, 4.69) is 10.6 Å². The lowest BCUT2D eigenvalue weighted by Gasteiger charge is -2.28. The third-order valence-electron chi connectivity index (χ3n) is 5.79. The summed E-state index contributed by atoms with van der Waals surface area (Å²) in [5.41, 5.74) is 1.86. The van der Waals surface area contributed by atoms with Crippen molar-refractivity contribution in [2.45, 2.75) is 45.1 Å². The van der Waals surface area contributed by atoms with Crippen molar-refractivity contribution in [1.82, 2.24) is 10.6 Å². The van der Waals surface area contributed by atoms with Gasteiger partial charge in [-0.2, -0.15) is 0 Å². The molecule has 0 atom stereocenters. The minimum absolute atomic E-state index is 0.0720. The van der Waals surface area contributed by atoms with Crippen molar-refractivity contribution in [3.63, 3.8) is 0 Å². The number of aryl methyl sites for hydroxylation is 1. The average molecular weight is 473 g/mol. The van der Waals surface area contributed by atoms with E-state index in [1.807, 2.05) is 6.92 Å². The van der Waals surface area contributed by atoms with Gasteiger partial charge in [0.05, 0.1) is 6.10 Å². The highest BCUT2D eigenvalue weighted by Gasteiger charge is 2.24. The Balaban J connectivity index is 1.38. The molecule has 0 heterocycles. The van der Waals surface area contributed by atoms with Gasteiger partial charge in [-0.3, -0.25) is 14.4 Å². The smallest absolute Gasteiger partial charge is 0.303 e. The number of halogens is 1. The molecule has 0 aliphatic heterocycles. The molecular formula is C25H29ClN2O5. The number of benzene rings is 2. The van der Waals surface area contributed by atoms with E-state index in [4.69, 9.17) is 21.4 Å². The molecule has 33 heavy (non-hydrogen) atoms. The van der Waals surface area contributed by atoms with Crippen LogP contribution in [0.5, 0.6) is 5.75 Å². The van der Waals surface area contributed by atoms with E-state index >= 15 is 0 Å². The molecule has 1 aliphatic carbocycles. The molecule has 1 saturated carbocycles. The van der Waals surface area contributed by atoms with E-state index in [1.54, 1.807) is 42.5 Å². The monoisotopic (exact) mass is 472 g/mol. The summed E-state index contributed by atoms with van der Waals surface area (Å²) in [7, 11) is 0. The SMILES string of the molecule is Cc1cc(C(=O)NCCNC(=O)c2ccc(OC3CCC(CC(=O)O)CC3)cc2)ccc1Cl. The van der Waals surface area contributed by atoms with E-state index in [9.17, 15) is 14.4 Å². The lowest BCUT2D eigenvalue weighted by Crippen LogP contribution is -2.34. The summed E-state index contributed by atoms with van der Waals surface area (Å²) in [6.07, 6.45) is 3.67. The molecule has 0 aromatic heterocycles. The van der Waals surface area contributed by atoms with Crippen molar-refractivity contribution in [3.05, 3.63) is 64.2 Å². The number of carboxylic acid groups (broad SMARTS) is 1. The summed E-state index contributed by atoms with van der Waals surface area (Å²) < 4.78 is 5.99. The second-order valence-corrected chi connectivity index (χ2v) is 8.77. The third kappa shape index (κ3) is 7.49. The Morgan fingerprint density at radius 3 is 2.09 bits per heavy atom. The van der Waals surface area contributed by atoms with Crippen LogP contribution in [0.3, 0.4) is 0 Å². The first-order valence-corrected chi connectivity index (χ1v) is 11.5. The normalized spacial score (nSPS) is 17.8. The molecule has 2 amide bonds. The molecule has 0 saturated heterocycles. The van der Waals surface area contributed by atoms with Crippen LogP contribution in [-0.4, -0.2) is 42.1 Å². The van der Waals surface area contributed by atoms with Crippen molar-refractivity contribution in [2.75, 3.05) is 13.1 Å². The number of nitrogens with one attached hydrogen (secondary N) is 2. The molecule has 8 heteroatoms. The van der Waals surface area contributed by atoms with Gasteiger partial charge in [-0.25, -0.2) is 0 Å². The molecule has 2 aromatic rings. The fourth-order valence-electron chi connectivity index (χ4n) is 3.92. The minimum Gasteiger partial charge on any atom is -0.490 e. The Labute approximate surface area is 198 Å². The van der Waals surface area contributed by atoms with Gasteiger partial charge in [0.2, 0.25) is 0 Å². The molecule has 0 radical (unpaired) electrons. The summed E-state index contributed by atoms with van der Waals surface area (Å²) in [5.74, 6) is -0.269. The third-order valence-corrected chi connectivity index (χ3v) is 6.22. The van der Waals surface area contributed by atoms with Gasteiger partial charge in [0.25, 0.3) is 11.8 Å². The van der Waals surface area contributed by atoms with E-state index in [-0.39, 0.29) is 30.3 Å². The van der Waals surface area contributed by atoms with Crippen molar-refractivity contribution >= 4 is 29.4 Å². The number of aliphatic carboxylic acids is 1. The number of ether oxygens (including phenoxy) is 1. The Kier molecular flexibility index (Phi) is 8.72. The van der Waals surface area contributed by atoms with Gasteiger partial charge in [0.1, 0.15) is 5.75 Å². The second kappa shape index (κ2) is 11.7. The average Bonchev–Trinajstić information content (AvgIpc) is 2.79. The van der Waals surface area contributed by atoms with Crippen molar-refractivity contribution in [3.8, 4) is 5.75 Å². The first-order valence-electron chi connectivity index (χ1n) is 11.1. The van der Waals surface area contributed by atoms with Crippen LogP contribution in [0.15, 0.2) is 42.5 Å². The summed E-state index contributed by atoms with van der Waals surface area (Å²) in [5, 5.41) is 15.1. The zero-order valence-electron chi connectivity index (χ0n) is 18.6. The predicted octanol–water partition coefficient (Wildman–Crippen LogP) is 4.22. The van der Waals surface area contributed by atoms with Gasteiger partial charge >= 0.3 is 5.97 Å². The molecule has 1 fully saturated rings. The predicted molar refractivity (Wildman–Crippen MR) is 126 cm³/mol. The van der Waals surface area contributed by atoms with Crippen LogP contribution >= 0.6 is 11.6 Å². The van der Waals surface area contributed by atoms with Crippen LogP contribution in [0.4, 0.5) is 0 Å². The standard InChI is InChI=1S/C25H29ClN2O5/c1-16-14-19(6-11-22(16)26)25(32)28-13-12-27-24(31)18-4-9-21(10-5-18)33-20-7-2-17(3-8-20)15-23(29)30/h4-6,9-11,14,17,20H,2-3,7-8,12-13,15H2,1H3,(H,27,31)(H,28,32)(H,29,30). The van der Waals surface area contributed by atoms with E-state index < -0.39 is 5.97 Å². The number of carboxylic acids is 1. The molecular weight excluding hydrogens is 444 g/mol.